The van der Waals surface area contributed by atoms with Crippen LogP contribution in [0.4, 0.5) is 0 Å². The molecule has 0 atom stereocenters. The van der Waals surface area contributed by atoms with Crippen LogP contribution in [0.25, 0.3) is 5.57 Å². The number of hydrogen-bond acceptors (Lipinski definition) is 1. The number of allylic oxidation sites excluding steroid dienone is 3. The maximum Gasteiger partial charge on any atom is 0.250 e. The number of hydrogen-bond donors (Lipinski definition) is 0. The smallest absolute Gasteiger partial charge is 0.250 e. The predicted octanol–water partition coefficient (Wildman–Crippen LogP) is 7.50. The van der Waals surface area contributed by atoms with Crippen molar-refractivity contribution >= 4 is 45.8 Å². The molecular formula is C18H26Br2OSi. The van der Waals surface area contributed by atoms with Crippen molar-refractivity contribution in [3.63, 3.8) is 0 Å². The second kappa shape index (κ2) is 7.98. The van der Waals surface area contributed by atoms with Crippen LogP contribution in [0.15, 0.2) is 39.8 Å². The van der Waals surface area contributed by atoms with Gasteiger partial charge in [0.2, 0.25) is 8.32 Å². The highest BCUT2D eigenvalue weighted by Gasteiger charge is 2.38. The Morgan fingerprint density at radius 3 is 2.32 bits per heavy atom. The van der Waals surface area contributed by atoms with E-state index in [-0.39, 0.29) is 5.04 Å². The first-order chi connectivity index (χ1) is 10.1. The molecule has 0 aliphatic carbocycles. The fourth-order valence-corrected chi connectivity index (χ4v) is 3.08. The third kappa shape index (κ3) is 5.71. The van der Waals surface area contributed by atoms with Gasteiger partial charge in [0, 0.05) is 0 Å². The van der Waals surface area contributed by atoms with Gasteiger partial charge in [0.15, 0.2) is 0 Å². The van der Waals surface area contributed by atoms with Crippen LogP contribution < -0.4 is 4.43 Å². The van der Waals surface area contributed by atoms with Gasteiger partial charge < -0.3 is 4.43 Å². The molecule has 0 fully saturated rings. The van der Waals surface area contributed by atoms with Crippen LogP contribution in [0.3, 0.4) is 0 Å². The van der Waals surface area contributed by atoms with E-state index in [1.165, 1.54) is 11.1 Å². The summed E-state index contributed by atoms with van der Waals surface area (Å²) in [5, 5.41) is 0.204. The highest BCUT2D eigenvalue weighted by atomic mass is 79.9. The Morgan fingerprint density at radius 2 is 1.82 bits per heavy atom. The highest BCUT2D eigenvalue weighted by Crippen LogP contribution is 2.37. The molecule has 1 aromatic carbocycles. The Balaban J connectivity index is 3.09. The SMILES string of the molecule is CC/C(=C/C=C(Br)Br)c1cccc(O[Si](C)(C)C(C)(C)C)c1. The lowest BCUT2D eigenvalue weighted by Gasteiger charge is -2.36. The molecule has 0 heterocycles. The Labute approximate surface area is 153 Å². The largest absolute Gasteiger partial charge is 0.543 e. The summed E-state index contributed by atoms with van der Waals surface area (Å²) in [4.78, 5) is 0. The van der Waals surface area contributed by atoms with E-state index in [0.717, 1.165) is 15.6 Å². The van der Waals surface area contributed by atoms with Crippen LogP contribution in [0, 0.1) is 0 Å². The molecule has 0 saturated heterocycles. The molecule has 0 saturated carbocycles. The molecule has 0 bridgehead atoms. The summed E-state index contributed by atoms with van der Waals surface area (Å²) < 4.78 is 7.35. The zero-order chi connectivity index (χ0) is 17.0. The lowest BCUT2D eigenvalue weighted by atomic mass is 10.0. The summed E-state index contributed by atoms with van der Waals surface area (Å²) in [7, 11) is -1.80. The molecule has 0 unspecified atom stereocenters. The van der Waals surface area contributed by atoms with Gasteiger partial charge in [-0.3, -0.25) is 0 Å². The minimum atomic E-state index is -1.80. The number of benzene rings is 1. The first kappa shape index (κ1) is 19.7. The van der Waals surface area contributed by atoms with Gasteiger partial charge in [-0.1, -0.05) is 45.9 Å². The van der Waals surface area contributed by atoms with Gasteiger partial charge in [0.1, 0.15) is 5.75 Å². The molecule has 0 radical (unpaired) electrons. The molecule has 122 valence electrons. The van der Waals surface area contributed by atoms with Gasteiger partial charge in [-0.25, -0.2) is 0 Å². The number of halogens is 2. The minimum absolute atomic E-state index is 0.204. The predicted molar refractivity (Wildman–Crippen MR) is 108 cm³/mol. The maximum atomic E-state index is 6.40. The average molecular weight is 446 g/mol. The lowest BCUT2D eigenvalue weighted by Crippen LogP contribution is -2.43. The third-order valence-corrected chi connectivity index (χ3v) is 9.06. The fraction of sp³-hybridized carbons (Fsp3) is 0.444. The third-order valence-electron chi connectivity index (χ3n) is 4.18. The van der Waals surface area contributed by atoms with E-state index in [1.807, 2.05) is 6.08 Å². The topological polar surface area (TPSA) is 9.23 Å². The molecular weight excluding hydrogens is 420 g/mol. The standard InChI is InChI=1S/C18H26Br2OSi/c1-7-14(11-12-17(19)20)15-9-8-10-16(13-15)21-22(5,6)18(2,3)4/h8-13H,7H2,1-6H3/b14-11-. The van der Waals surface area contributed by atoms with Crippen molar-refractivity contribution in [2.75, 3.05) is 0 Å². The van der Waals surface area contributed by atoms with Gasteiger partial charge in [-0.2, -0.15) is 0 Å². The maximum absolute atomic E-state index is 6.40. The van der Waals surface area contributed by atoms with Crippen LogP contribution >= 0.6 is 31.9 Å². The monoisotopic (exact) mass is 444 g/mol. The highest BCUT2D eigenvalue weighted by molar-refractivity contribution is 9.28. The Hall–Kier alpha value is -0.323. The average Bonchev–Trinajstić information content (AvgIpc) is 2.37. The molecule has 0 N–H and O–H groups in total. The summed E-state index contributed by atoms with van der Waals surface area (Å²) in [6, 6.07) is 8.44. The summed E-state index contributed by atoms with van der Waals surface area (Å²) in [5.41, 5.74) is 2.51. The zero-order valence-corrected chi connectivity index (χ0v) is 18.5. The van der Waals surface area contributed by atoms with Gasteiger partial charge in [0.25, 0.3) is 0 Å². The summed E-state index contributed by atoms with van der Waals surface area (Å²) in [6.07, 6.45) is 5.12. The molecule has 0 aliphatic heterocycles. The van der Waals surface area contributed by atoms with Crippen molar-refractivity contribution in [2.45, 2.75) is 52.2 Å². The van der Waals surface area contributed by atoms with E-state index in [2.05, 4.69) is 103 Å². The van der Waals surface area contributed by atoms with Crippen molar-refractivity contribution in [3.8, 4) is 5.75 Å². The molecule has 0 aromatic heterocycles. The Bertz CT molecular complexity index is 565. The van der Waals surface area contributed by atoms with Crippen molar-refractivity contribution in [2.24, 2.45) is 0 Å². The van der Waals surface area contributed by atoms with Crippen molar-refractivity contribution in [1.82, 2.24) is 0 Å². The van der Waals surface area contributed by atoms with E-state index < -0.39 is 8.32 Å². The Kier molecular flexibility index (Phi) is 7.15. The molecule has 0 amide bonds. The Morgan fingerprint density at radius 1 is 1.18 bits per heavy atom. The van der Waals surface area contributed by atoms with Gasteiger partial charge >= 0.3 is 0 Å². The van der Waals surface area contributed by atoms with Gasteiger partial charge in [-0.05, 0) is 85.8 Å². The molecule has 1 aromatic rings. The molecule has 22 heavy (non-hydrogen) atoms. The first-order valence-corrected chi connectivity index (χ1v) is 12.1. The minimum Gasteiger partial charge on any atom is -0.543 e. The summed E-state index contributed by atoms with van der Waals surface area (Å²) >= 11 is 6.79. The second-order valence-corrected chi connectivity index (χ2v) is 14.4. The van der Waals surface area contributed by atoms with Crippen LogP contribution in [0.2, 0.25) is 18.1 Å². The van der Waals surface area contributed by atoms with E-state index >= 15 is 0 Å². The van der Waals surface area contributed by atoms with Crippen molar-refractivity contribution in [3.05, 3.63) is 45.4 Å². The van der Waals surface area contributed by atoms with E-state index in [9.17, 15) is 0 Å². The van der Waals surface area contributed by atoms with Crippen molar-refractivity contribution < 1.29 is 4.43 Å². The lowest BCUT2D eigenvalue weighted by molar-refractivity contribution is 0.492. The molecule has 4 heteroatoms. The van der Waals surface area contributed by atoms with E-state index in [4.69, 9.17) is 4.43 Å². The van der Waals surface area contributed by atoms with Gasteiger partial charge in [-0.15, -0.1) is 0 Å². The summed E-state index contributed by atoms with van der Waals surface area (Å²) in [5.74, 6) is 0.977. The molecule has 1 nitrogen and oxygen atoms in total. The van der Waals surface area contributed by atoms with Crippen LogP contribution in [0.1, 0.15) is 39.7 Å². The van der Waals surface area contributed by atoms with Gasteiger partial charge in [0.05, 0.1) is 3.39 Å². The first-order valence-electron chi connectivity index (χ1n) is 7.58. The second-order valence-electron chi connectivity index (χ2n) is 6.89. The van der Waals surface area contributed by atoms with Crippen LogP contribution in [-0.4, -0.2) is 8.32 Å². The molecule has 0 aliphatic rings. The van der Waals surface area contributed by atoms with E-state index in [1.54, 1.807) is 0 Å². The molecule has 0 spiro atoms. The van der Waals surface area contributed by atoms with E-state index in [0.29, 0.717) is 0 Å². The zero-order valence-electron chi connectivity index (χ0n) is 14.3. The molecule has 1 rings (SSSR count). The van der Waals surface area contributed by atoms with Crippen molar-refractivity contribution in [1.29, 1.82) is 0 Å². The van der Waals surface area contributed by atoms with Crippen LogP contribution in [-0.2, 0) is 0 Å². The summed E-state index contributed by atoms with van der Waals surface area (Å²) in [6.45, 7) is 13.5. The van der Waals surface area contributed by atoms with Crippen LogP contribution in [0.5, 0.6) is 5.75 Å². The number of rotatable bonds is 5. The fourth-order valence-electron chi connectivity index (χ4n) is 1.79. The normalized spacial score (nSPS) is 13.0. The quantitative estimate of drug-likeness (QED) is 0.336.